The summed E-state index contributed by atoms with van der Waals surface area (Å²) in [5.41, 5.74) is -0.272. The molecule has 0 saturated heterocycles. The van der Waals surface area contributed by atoms with Gasteiger partial charge in [-0.2, -0.15) is 0 Å². The van der Waals surface area contributed by atoms with E-state index in [-0.39, 0.29) is 83.7 Å². The van der Waals surface area contributed by atoms with E-state index in [0.717, 1.165) is 6.07 Å². The van der Waals surface area contributed by atoms with Gasteiger partial charge in [0.05, 0.1) is 87.7 Å². The standard InChI is InChI=1S/C24H35N3O14/c28-22(25-19(15-39-8-5-23(29)30)16-40-9-6-24(31)32)17-41-13-12-38-11-10-37-7-1-2-18-3-4-20(26(33)34)14-21(18)27(35)36/h3-4,14,19H,1-2,5-13,15-17H2,(H,25,28)(H,29,30)(H,31,32). The molecular formula is C24H35N3O14. The minimum Gasteiger partial charge on any atom is -0.481 e. The van der Waals surface area contributed by atoms with Gasteiger partial charge in [0.15, 0.2) is 0 Å². The second kappa shape index (κ2) is 21.0. The number of nitro groups is 2. The molecule has 0 aliphatic rings. The highest BCUT2D eigenvalue weighted by Crippen LogP contribution is 2.25. The third kappa shape index (κ3) is 17.5. The number of nitrogens with zero attached hydrogens (tertiary/aromatic N) is 2. The summed E-state index contributed by atoms with van der Waals surface area (Å²) in [6.45, 7) is 0.654. The maximum absolute atomic E-state index is 12.1. The molecule has 41 heavy (non-hydrogen) atoms. The number of rotatable bonds is 25. The van der Waals surface area contributed by atoms with Crippen LogP contribution in [0.4, 0.5) is 11.4 Å². The van der Waals surface area contributed by atoms with E-state index >= 15 is 0 Å². The smallest absolute Gasteiger partial charge is 0.305 e. The van der Waals surface area contributed by atoms with Crippen molar-refractivity contribution in [1.82, 2.24) is 5.32 Å². The van der Waals surface area contributed by atoms with Crippen LogP contribution in [-0.4, -0.2) is 110 Å². The number of carbonyl (C=O) groups excluding carboxylic acids is 1. The van der Waals surface area contributed by atoms with Crippen LogP contribution in [0.1, 0.15) is 24.8 Å². The molecule has 0 aliphatic carbocycles. The van der Waals surface area contributed by atoms with Crippen LogP contribution in [0, 0.1) is 20.2 Å². The monoisotopic (exact) mass is 589 g/mol. The number of nitro benzene ring substituents is 2. The molecule has 0 atom stereocenters. The largest absolute Gasteiger partial charge is 0.481 e. The number of hydrogen-bond acceptors (Lipinski definition) is 12. The molecule has 1 amide bonds. The zero-order valence-corrected chi connectivity index (χ0v) is 22.4. The van der Waals surface area contributed by atoms with Gasteiger partial charge < -0.3 is 39.2 Å². The topological polar surface area (TPSA) is 236 Å². The lowest BCUT2D eigenvalue weighted by atomic mass is 10.1. The average molecular weight is 590 g/mol. The van der Waals surface area contributed by atoms with Crippen LogP contribution in [-0.2, 0) is 44.5 Å². The first-order chi connectivity index (χ1) is 19.6. The van der Waals surface area contributed by atoms with Crippen LogP contribution in [0.5, 0.6) is 0 Å². The molecule has 0 aromatic heterocycles. The number of benzene rings is 1. The molecule has 1 aromatic carbocycles. The summed E-state index contributed by atoms with van der Waals surface area (Å²) in [7, 11) is 0. The lowest BCUT2D eigenvalue weighted by molar-refractivity contribution is -0.394. The molecule has 0 spiro atoms. The van der Waals surface area contributed by atoms with Crippen molar-refractivity contribution >= 4 is 29.2 Å². The van der Waals surface area contributed by atoms with Crippen molar-refractivity contribution in [3.8, 4) is 0 Å². The molecule has 3 N–H and O–H groups in total. The highest BCUT2D eigenvalue weighted by Gasteiger charge is 2.19. The van der Waals surface area contributed by atoms with Gasteiger partial charge in [0.25, 0.3) is 11.4 Å². The second-order valence-electron chi connectivity index (χ2n) is 8.41. The predicted molar refractivity (Wildman–Crippen MR) is 139 cm³/mol. The molecule has 0 radical (unpaired) electrons. The summed E-state index contributed by atoms with van der Waals surface area (Å²) >= 11 is 0. The van der Waals surface area contributed by atoms with E-state index in [9.17, 15) is 34.6 Å². The van der Waals surface area contributed by atoms with Crippen molar-refractivity contribution in [3.63, 3.8) is 0 Å². The summed E-state index contributed by atoms with van der Waals surface area (Å²) in [5, 5.41) is 41.9. The lowest BCUT2D eigenvalue weighted by Gasteiger charge is -2.19. The number of ether oxygens (including phenoxy) is 5. The zero-order valence-electron chi connectivity index (χ0n) is 22.4. The zero-order chi connectivity index (χ0) is 30.5. The van der Waals surface area contributed by atoms with Gasteiger partial charge in [-0.15, -0.1) is 0 Å². The molecule has 0 aliphatic heterocycles. The molecular weight excluding hydrogens is 554 g/mol. The van der Waals surface area contributed by atoms with Crippen molar-refractivity contribution in [2.75, 3.05) is 66.1 Å². The Labute approximate surface area is 234 Å². The summed E-state index contributed by atoms with van der Waals surface area (Å²) < 4.78 is 26.5. The Morgan fingerprint density at radius 1 is 0.780 bits per heavy atom. The first-order valence-electron chi connectivity index (χ1n) is 12.6. The highest BCUT2D eigenvalue weighted by atomic mass is 16.6. The van der Waals surface area contributed by atoms with Crippen LogP contribution in [0.15, 0.2) is 18.2 Å². The summed E-state index contributed by atoms with van der Waals surface area (Å²) in [4.78, 5) is 53.9. The fourth-order valence-corrected chi connectivity index (χ4v) is 3.19. The Balaban J connectivity index is 2.17. The normalized spacial score (nSPS) is 11.0. The maximum atomic E-state index is 12.1. The van der Waals surface area contributed by atoms with Crippen molar-refractivity contribution in [2.45, 2.75) is 31.7 Å². The van der Waals surface area contributed by atoms with Gasteiger partial charge in [0, 0.05) is 18.2 Å². The minimum atomic E-state index is -1.03. The quantitative estimate of drug-likeness (QED) is 0.0818. The summed E-state index contributed by atoms with van der Waals surface area (Å²) in [5.74, 6) is -2.54. The van der Waals surface area contributed by atoms with E-state index in [0.29, 0.717) is 25.0 Å². The van der Waals surface area contributed by atoms with Crippen molar-refractivity contribution < 1.29 is 58.1 Å². The molecule has 0 bridgehead atoms. The van der Waals surface area contributed by atoms with Crippen LogP contribution in [0.2, 0.25) is 0 Å². The number of amides is 1. The van der Waals surface area contributed by atoms with E-state index in [2.05, 4.69) is 5.32 Å². The molecule has 0 saturated carbocycles. The van der Waals surface area contributed by atoms with Gasteiger partial charge in [-0.3, -0.25) is 34.6 Å². The fourth-order valence-electron chi connectivity index (χ4n) is 3.19. The Hall–Kier alpha value is -3.77. The number of nitrogens with one attached hydrogen (secondary N) is 1. The molecule has 0 heterocycles. The summed E-state index contributed by atoms with van der Waals surface area (Å²) in [6, 6.07) is 2.90. The van der Waals surface area contributed by atoms with Gasteiger partial charge in [-0.05, 0) is 18.9 Å². The van der Waals surface area contributed by atoms with Crippen LogP contribution >= 0.6 is 0 Å². The molecule has 1 rings (SSSR count). The van der Waals surface area contributed by atoms with Crippen LogP contribution in [0.25, 0.3) is 0 Å². The number of hydrogen-bond donors (Lipinski definition) is 3. The molecule has 1 aromatic rings. The molecule has 17 heteroatoms. The van der Waals surface area contributed by atoms with Crippen LogP contribution in [0.3, 0.4) is 0 Å². The second-order valence-corrected chi connectivity index (χ2v) is 8.41. The van der Waals surface area contributed by atoms with Gasteiger partial charge in [-0.1, -0.05) is 0 Å². The molecule has 230 valence electrons. The number of carboxylic acids is 2. The lowest BCUT2D eigenvalue weighted by Crippen LogP contribution is -2.43. The maximum Gasteiger partial charge on any atom is 0.305 e. The number of carbonyl (C=O) groups is 3. The Morgan fingerprint density at radius 3 is 1.88 bits per heavy atom. The first-order valence-corrected chi connectivity index (χ1v) is 12.6. The van der Waals surface area contributed by atoms with Crippen molar-refractivity contribution in [3.05, 3.63) is 44.0 Å². The van der Waals surface area contributed by atoms with Gasteiger partial charge in [0.2, 0.25) is 5.91 Å². The van der Waals surface area contributed by atoms with Crippen molar-refractivity contribution in [1.29, 1.82) is 0 Å². The van der Waals surface area contributed by atoms with Gasteiger partial charge in [-0.25, -0.2) is 0 Å². The van der Waals surface area contributed by atoms with E-state index in [1.54, 1.807) is 0 Å². The summed E-state index contributed by atoms with van der Waals surface area (Å²) in [6.07, 6.45) is 0.366. The van der Waals surface area contributed by atoms with Crippen molar-refractivity contribution in [2.24, 2.45) is 0 Å². The fraction of sp³-hybridized carbons (Fsp3) is 0.625. The predicted octanol–water partition coefficient (Wildman–Crippen LogP) is 0.953. The number of aryl methyl sites for hydroxylation is 1. The van der Waals surface area contributed by atoms with Gasteiger partial charge >= 0.3 is 11.9 Å². The molecule has 0 unspecified atom stereocenters. The third-order valence-corrected chi connectivity index (χ3v) is 5.11. The molecule has 17 nitrogen and oxygen atoms in total. The number of aliphatic carboxylic acids is 2. The van der Waals surface area contributed by atoms with E-state index < -0.39 is 33.7 Å². The van der Waals surface area contributed by atoms with E-state index in [1.807, 2.05) is 0 Å². The SMILES string of the molecule is O=C(O)CCOCC(COCCC(=O)O)NC(=O)COCCOCCOCCCc1ccc([N+](=O)[O-])cc1[N+](=O)[O-]. The average Bonchev–Trinajstić information content (AvgIpc) is 2.91. The third-order valence-electron chi connectivity index (χ3n) is 5.11. The van der Waals surface area contributed by atoms with Gasteiger partial charge in [0.1, 0.15) is 6.61 Å². The van der Waals surface area contributed by atoms with Crippen LogP contribution < -0.4 is 5.32 Å². The Morgan fingerprint density at radius 2 is 1.34 bits per heavy atom. The number of non-ortho nitro benzene ring substituents is 1. The molecule has 0 fully saturated rings. The Bertz CT molecular complexity index is 968. The minimum absolute atomic E-state index is 0.0278. The Kier molecular flexibility index (Phi) is 18.1. The highest BCUT2D eigenvalue weighted by molar-refractivity contribution is 5.77. The first kappa shape index (κ1) is 35.3. The van der Waals surface area contributed by atoms with E-state index in [1.165, 1.54) is 12.1 Å². The number of carboxylic acid groups (broad SMARTS) is 2. The van der Waals surface area contributed by atoms with E-state index in [4.69, 9.17) is 33.9 Å².